The molecule has 1 aliphatic rings. The summed E-state index contributed by atoms with van der Waals surface area (Å²) in [7, 11) is 1.87. The highest BCUT2D eigenvalue weighted by Crippen LogP contribution is 2.23. The maximum atomic E-state index is 12.3. The molecule has 3 heterocycles. The number of ether oxygens (including phenoxy) is 1. The van der Waals surface area contributed by atoms with Gasteiger partial charge in [-0.2, -0.15) is 5.10 Å². The number of hydrogen-bond donors (Lipinski definition) is 1. The van der Waals surface area contributed by atoms with Crippen molar-refractivity contribution in [2.24, 2.45) is 7.05 Å². The minimum Gasteiger partial charge on any atom is -0.444 e. The third-order valence-corrected chi connectivity index (χ3v) is 3.78. The van der Waals surface area contributed by atoms with Crippen molar-refractivity contribution >= 4 is 17.6 Å². The summed E-state index contributed by atoms with van der Waals surface area (Å²) in [5, 5.41) is 7.42. The summed E-state index contributed by atoms with van der Waals surface area (Å²) in [5.74, 6) is 0.886. The molecule has 7 nitrogen and oxygen atoms in total. The highest BCUT2D eigenvalue weighted by Gasteiger charge is 2.26. The van der Waals surface area contributed by atoms with Crippen molar-refractivity contribution in [2.75, 3.05) is 11.9 Å². The molecule has 1 N–H and O–H groups in total. The second kappa shape index (κ2) is 6.14. The molecule has 0 spiro atoms. The third kappa shape index (κ3) is 3.67. The molecule has 128 valence electrons. The van der Waals surface area contributed by atoms with Crippen LogP contribution in [0.15, 0.2) is 24.5 Å². The standard InChI is InChI=1S/C17H23N5O2/c1-17(2,3)24-16(23)22-8-6-14-12(11-22)9-13(10-18-14)20-15-5-7-19-21(15)4/h5,7,9-10,20H,6,8,11H2,1-4H3. The van der Waals surface area contributed by atoms with Gasteiger partial charge in [-0.1, -0.05) is 0 Å². The lowest BCUT2D eigenvalue weighted by molar-refractivity contribution is 0.0223. The van der Waals surface area contributed by atoms with Crippen molar-refractivity contribution in [3.05, 3.63) is 35.8 Å². The fourth-order valence-corrected chi connectivity index (χ4v) is 2.62. The molecular formula is C17H23N5O2. The molecule has 2 aromatic heterocycles. The van der Waals surface area contributed by atoms with Gasteiger partial charge < -0.3 is 15.0 Å². The lowest BCUT2D eigenvalue weighted by atomic mass is 10.1. The van der Waals surface area contributed by atoms with Gasteiger partial charge in [-0.05, 0) is 32.4 Å². The zero-order valence-electron chi connectivity index (χ0n) is 14.5. The third-order valence-electron chi connectivity index (χ3n) is 3.78. The van der Waals surface area contributed by atoms with Crippen molar-refractivity contribution in [1.82, 2.24) is 19.7 Å². The Balaban J connectivity index is 1.74. The number of hydrogen-bond acceptors (Lipinski definition) is 5. The number of nitrogens with one attached hydrogen (secondary N) is 1. The lowest BCUT2D eigenvalue weighted by Gasteiger charge is -2.31. The largest absolute Gasteiger partial charge is 0.444 e. The molecule has 0 atom stereocenters. The minimum atomic E-state index is -0.488. The van der Waals surface area contributed by atoms with Crippen LogP contribution in [-0.4, -0.2) is 37.9 Å². The van der Waals surface area contributed by atoms with E-state index in [2.05, 4.69) is 15.4 Å². The average molecular weight is 329 g/mol. The van der Waals surface area contributed by atoms with Gasteiger partial charge in [0.2, 0.25) is 0 Å². The molecule has 0 radical (unpaired) electrons. The number of fused-ring (bicyclic) bond motifs is 1. The molecule has 0 aliphatic carbocycles. The molecule has 1 aliphatic heterocycles. The van der Waals surface area contributed by atoms with E-state index in [9.17, 15) is 4.79 Å². The maximum absolute atomic E-state index is 12.3. The lowest BCUT2D eigenvalue weighted by Crippen LogP contribution is -2.40. The van der Waals surface area contributed by atoms with Crippen LogP contribution in [0.5, 0.6) is 0 Å². The summed E-state index contributed by atoms with van der Waals surface area (Å²) in [5.41, 5.74) is 2.46. The van der Waals surface area contributed by atoms with Gasteiger partial charge in [0.25, 0.3) is 0 Å². The molecule has 0 bridgehead atoms. The summed E-state index contributed by atoms with van der Waals surface area (Å²) in [4.78, 5) is 18.5. The van der Waals surface area contributed by atoms with Crippen molar-refractivity contribution in [3.63, 3.8) is 0 Å². The quantitative estimate of drug-likeness (QED) is 0.917. The SMILES string of the molecule is Cn1nccc1Nc1cnc2c(c1)CN(C(=O)OC(C)(C)C)CC2. The van der Waals surface area contributed by atoms with Gasteiger partial charge in [0.15, 0.2) is 0 Å². The van der Waals surface area contributed by atoms with E-state index in [0.717, 1.165) is 29.2 Å². The van der Waals surface area contributed by atoms with Crippen molar-refractivity contribution in [1.29, 1.82) is 0 Å². The Kier molecular flexibility index (Phi) is 4.17. The fraction of sp³-hybridized carbons (Fsp3) is 0.471. The maximum Gasteiger partial charge on any atom is 0.410 e. The van der Waals surface area contributed by atoms with Crippen molar-refractivity contribution in [3.8, 4) is 0 Å². The Labute approximate surface area is 141 Å². The summed E-state index contributed by atoms with van der Waals surface area (Å²) < 4.78 is 7.22. The first-order valence-electron chi connectivity index (χ1n) is 8.02. The van der Waals surface area contributed by atoms with Gasteiger partial charge in [-0.25, -0.2) is 4.79 Å². The summed E-state index contributed by atoms with van der Waals surface area (Å²) in [6.45, 7) is 6.77. The van der Waals surface area contributed by atoms with Gasteiger partial charge in [-0.3, -0.25) is 9.67 Å². The number of anilines is 2. The van der Waals surface area contributed by atoms with Gasteiger partial charge in [0.05, 0.1) is 24.6 Å². The molecule has 0 unspecified atom stereocenters. The van der Waals surface area contributed by atoms with Gasteiger partial charge >= 0.3 is 6.09 Å². The predicted octanol–water partition coefficient (Wildman–Crippen LogP) is 2.85. The Bertz CT molecular complexity index is 748. The topological polar surface area (TPSA) is 72.3 Å². The normalized spacial score (nSPS) is 14.2. The summed E-state index contributed by atoms with van der Waals surface area (Å²) >= 11 is 0. The molecule has 0 aromatic carbocycles. The minimum absolute atomic E-state index is 0.279. The molecule has 0 saturated carbocycles. The molecule has 0 fully saturated rings. The monoisotopic (exact) mass is 329 g/mol. The van der Waals surface area contributed by atoms with Crippen LogP contribution in [0.4, 0.5) is 16.3 Å². The second-order valence-electron chi connectivity index (χ2n) is 6.95. The van der Waals surface area contributed by atoms with Gasteiger partial charge in [0.1, 0.15) is 11.4 Å². The molecular weight excluding hydrogens is 306 g/mol. The van der Waals surface area contributed by atoms with Crippen LogP contribution in [-0.2, 0) is 24.8 Å². The molecule has 0 saturated heterocycles. The van der Waals surface area contributed by atoms with E-state index in [4.69, 9.17) is 4.74 Å². The summed E-state index contributed by atoms with van der Waals surface area (Å²) in [6, 6.07) is 3.93. The van der Waals surface area contributed by atoms with Crippen molar-refractivity contribution in [2.45, 2.75) is 39.3 Å². The van der Waals surface area contributed by atoms with Crippen LogP contribution >= 0.6 is 0 Å². The molecule has 24 heavy (non-hydrogen) atoms. The van der Waals surface area contributed by atoms with Crippen LogP contribution in [0.2, 0.25) is 0 Å². The first-order chi connectivity index (χ1) is 11.3. The molecule has 7 heteroatoms. The number of nitrogens with zero attached hydrogens (tertiary/aromatic N) is 4. The number of aromatic nitrogens is 3. The van der Waals surface area contributed by atoms with Crippen LogP contribution in [0, 0.1) is 0 Å². The van der Waals surface area contributed by atoms with E-state index in [1.54, 1.807) is 15.8 Å². The fourth-order valence-electron chi connectivity index (χ4n) is 2.62. The first-order valence-corrected chi connectivity index (χ1v) is 8.02. The first kappa shape index (κ1) is 16.3. The second-order valence-corrected chi connectivity index (χ2v) is 6.95. The molecule has 2 aromatic rings. The Morgan fingerprint density at radius 1 is 1.38 bits per heavy atom. The number of aryl methyl sites for hydroxylation is 1. The van der Waals surface area contributed by atoms with Crippen LogP contribution in [0.1, 0.15) is 32.0 Å². The number of pyridine rings is 1. The molecule has 3 rings (SSSR count). The van der Waals surface area contributed by atoms with Gasteiger partial charge in [0, 0.05) is 31.8 Å². The zero-order chi connectivity index (χ0) is 17.3. The Morgan fingerprint density at radius 2 is 2.17 bits per heavy atom. The summed E-state index contributed by atoms with van der Waals surface area (Å²) in [6.07, 6.45) is 4.01. The Morgan fingerprint density at radius 3 is 2.83 bits per heavy atom. The number of carbonyl (C=O) groups is 1. The van der Waals surface area contributed by atoms with E-state index < -0.39 is 5.60 Å². The highest BCUT2D eigenvalue weighted by molar-refractivity contribution is 5.69. The molecule has 1 amide bonds. The van der Waals surface area contributed by atoms with E-state index in [1.807, 2.05) is 46.1 Å². The van der Waals surface area contributed by atoms with Crippen LogP contribution in [0.3, 0.4) is 0 Å². The average Bonchev–Trinajstić information content (AvgIpc) is 2.90. The highest BCUT2D eigenvalue weighted by atomic mass is 16.6. The number of rotatable bonds is 2. The predicted molar refractivity (Wildman–Crippen MR) is 91.1 cm³/mol. The van der Waals surface area contributed by atoms with Crippen LogP contribution in [0.25, 0.3) is 0 Å². The van der Waals surface area contributed by atoms with E-state index in [1.165, 1.54) is 0 Å². The van der Waals surface area contributed by atoms with E-state index in [0.29, 0.717) is 13.1 Å². The smallest absolute Gasteiger partial charge is 0.410 e. The van der Waals surface area contributed by atoms with Crippen LogP contribution < -0.4 is 5.32 Å². The van der Waals surface area contributed by atoms with E-state index >= 15 is 0 Å². The zero-order valence-corrected chi connectivity index (χ0v) is 14.5. The van der Waals surface area contributed by atoms with Crippen molar-refractivity contribution < 1.29 is 9.53 Å². The number of carbonyl (C=O) groups excluding carboxylic acids is 1. The number of amides is 1. The van der Waals surface area contributed by atoms with E-state index in [-0.39, 0.29) is 6.09 Å². The Hall–Kier alpha value is -2.57. The van der Waals surface area contributed by atoms with Gasteiger partial charge in [-0.15, -0.1) is 0 Å².